The summed E-state index contributed by atoms with van der Waals surface area (Å²) in [6.45, 7) is -0.0217. The Hall–Kier alpha value is -2.94. The molecule has 3 aromatic rings. The van der Waals surface area contributed by atoms with Crippen LogP contribution < -0.4 is 16.2 Å². The number of methoxy groups -OCH3 is 1. The van der Waals surface area contributed by atoms with E-state index in [9.17, 15) is 18.0 Å². The average Bonchev–Trinajstić information content (AvgIpc) is 2.98. The maximum atomic E-state index is 12.6. The minimum absolute atomic E-state index is 0.0217. The number of nitrogen functional groups attached to an aromatic ring is 1. The SMILES string of the molecule is COc1cc(N)c(Cl)cc1Cn1nc(-c2ccc(C(F)(F)F)cc2)oc1=O. The highest BCUT2D eigenvalue weighted by atomic mass is 35.5. The van der Waals surface area contributed by atoms with Crippen molar-refractivity contribution < 1.29 is 22.3 Å². The molecule has 0 atom stereocenters. The van der Waals surface area contributed by atoms with Crippen LogP contribution in [-0.4, -0.2) is 16.9 Å². The van der Waals surface area contributed by atoms with Gasteiger partial charge in [0.1, 0.15) is 5.75 Å². The van der Waals surface area contributed by atoms with Gasteiger partial charge in [0, 0.05) is 17.2 Å². The first kappa shape index (κ1) is 18.8. The number of hydrogen-bond acceptors (Lipinski definition) is 5. The molecule has 0 radical (unpaired) electrons. The molecule has 0 saturated heterocycles. The van der Waals surface area contributed by atoms with Crippen LogP contribution in [0.25, 0.3) is 11.5 Å². The van der Waals surface area contributed by atoms with E-state index in [4.69, 9.17) is 26.5 Å². The zero-order valence-electron chi connectivity index (χ0n) is 13.9. The lowest BCUT2D eigenvalue weighted by Crippen LogP contribution is -2.17. The molecule has 0 spiro atoms. The second-order valence-corrected chi connectivity index (χ2v) is 6.00. The van der Waals surface area contributed by atoms with Crippen LogP contribution >= 0.6 is 11.6 Å². The van der Waals surface area contributed by atoms with Crippen LogP contribution in [0.2, 0.25) is 5.02 Å². The van der Waals surface area contributed by atoms with Crippen LogP contribution in [0, 0.1) is 0 Å². The predicted octanol–water partition coefficient (Wildman–Crippen LogP) is 3.81. The summed E-state index contributed by atoms with van der Waals surface area (Å²) in [6, 6.07) is 7.18. The van der Waals surface area contributed by atoms with Crippen LogP contribution in [0.1, 0.15) is 11.1 Å². The van der Waals surface area contributed by atoms with Crippen molar-refractivity contribution in [2.24, 2.45) is 0 Å². The summed E-state index contributed by atoms with van der Waals surface area (Å²) in [4.78, 5) is 12.1. The highest BCUT2D eigenvalue weighted by Crippen LogP contribution is 2.31. The third-order valence-corrected chi connectivity index (χ3v) is 4.11. The Morgan fingerprint density at radius 1 is 1.26 bits per heavy atom. The molecule has 10 heteroatoms. The summed E-state index contributed by atoms with van der Waals surface area (Å²) in [6.07, 6.45) is -4.45. The summed E-state index contributed by atoms with van der Waals surface area (Å²) in [7, 11) is 1.44. The van der Waals surface area contributed by atoms with Crippen molar-refractivity contribution in [1.29, 1.82) is 0 Å². The highest BCUT2D eigenvalue weighted by molar-refractivity contribution is 6.33. The molecular formula is C17H13ClF3N3O3. The van der Waals surface area contributed by atoms with Crippen molar-refractivity contribution in [1.82, 2.24) is 9.78 Å². The minimum Gasteiger partial charge on any atom is -0.496 e. The summed E-state index contributed by atoms with van der Waals surface area (Å²) in [5.41, 5.74) is 5.99. The van der Waals surface area contributed by atoms with E-state index in [0.29, 0.717) is 17.0 Å². The number of nitrogens with two attached hydrogens (primary N) is 1. The van der Waals surface area contributed by atoms with E-state index < -0.39 is 17.5 Å². The van der Waals surface area contributed by atoms with Gasteiger partial charge >= 0.3 is 11.9 Å². The molecule has 1 aromatic heterocycles. The second kappa shape index (κ2) is 6.99. The number of halogens is 4. The van der Waals surface area contributed by atoms with E-state index in [1.54, 1.807) is 0 Å². The molecule has 6 nitrogen and oxygen atoms in total. The Labute approximate surface area is 155 Å². The summed E-state index contributed by atoms with van der Waals surface area (Å²) in [5, 5.41) is 4.30. The number of anilines is 1. The van der Waals surface area contributed by atoms with Crippen molar-refractivity contribution in [3.05, 3.63) is 63.1 Å². The lowest BCUT2D eigenvalue weighted by molar-refractivity contribution is -0.137. The number of hydrogen-bond donors (Lipinski definition) is 1. The first-order valence-corrected chi connectivity index (χ1v) is 7.94. The van der Waals surface area contributed by atoms with Crippen LogP contribution in [0.3, 0.4) is 0 Å². The lowest BCUT2D eigenvalue weighted by atomic mass is 10.1. The molecule has 0 aliphatic rings. The second-order valence-electron chi connectivity index (χ2n) is 5.59. The van der Waals surface area contributed by atoms with Crippen molar-refractivity contribution in [3.63, 3.8) is 0 Å². The number of benzene rings is 2. The van der Waals surface area contributed by atoms with Crippen molar-refractivity contribution in [2.45, 2.75) is 12.7 Å². The largest absolute Gasteiger partial charge is 0.496 e. The van der Waals surface area contributed by atoms with Gasteiger partial charge in [-0.15, -0.1) is 5.10 Å². The Morgan fingerprint density at radius 2 is 1.93 bits per heavy atom. The number of nitrogens with zero attached hydrogens (tertiary/aromatic N) is 2. The van der Waals surface area contributed by atoms with Crippen molar-refractivity contribution in [2.75, 3.05) is 12.8 Å². The van der Waals surface area contributed by atoms with E-state index in [2.05, 4.69) is 5.10 Å². The molecule has 0 saturated carbocycles. The maximum Gasteiger partial charge on any atom is 0.437 e. The van der Waals surface area contributed by atoms with E-state index in [-0.39, 0.29) is 23.0 Å². The quantitative estimate of drug-likeness (QED) is 0.674. The van der Waals surface area contributed by atoms with Crippen LogP contribution in [0.15, 0.2) is 45.6 Å². The molecule has 142 valence electrons. The Bertz CT molecular complexity index is 1030. The molecule has 2 aromatic carbocycles. The Balaban J connectivity index is 1.92. The van der Waals surface area contributed by atoms with E-state index in [1.165, 1.54) is 31.4 Å². The van der Waals surface area contributed by atoms with Crippen LogP contribution in [0.4, 0.5) is 18.9 Å². The first-order valence-electron chi connectivity index (χ1n) is 7.56. The Morgan fingerprint density at radius 3 is 2.52 bits per heavy atom. The van der Waals surface area contributed by atoms with Gasteiger partial charge in [0.2, 0.25) is 5.89 Å². The van der Waals surface area contributed by atoms with Gasteiger partial charge in [0.05, 0.1) is 29.9 Å². The normalized spacial score (nSPS) is 11.6. The number of rotatable bonds is 4. The molecule has 0 fully saturated rings. The van der Waals surface area contributed by atoms with E-state index >= 15 is 0 Å². The fraction of sp³-hybridized carbons (Fsp3) is 0.176. The zero-order chi connectivity index (χ0) is 19.8. The summed E-state index contributed by atoms with van der Waals surface area (Å²) >= 11 is 6.00. The van der Waals surface area contributed by atoms with Crippen LogP contribution in [0.5, 0.6) is 5.75 Å². The predicted molar refractivity (Wildman–Crippen MR) is 92.7 cm³/mol. The summed E-state index contributed by atoms with van der Waals surface area (Å²) < 4.78 is 49.2. The van der Waals surface area contributed by atoms with Crippen molar-refractivity contribution >= 4 is 17.3 Å². The van der Waals surface area contributed by atoms with Crippen molar-refractivity contribution in [3.8, 4) is 17.2 Å². The lowest BCUT2D eigenvalue weighted by Gasteiger charge is -2.10. The van der Waals surface area contributed by atoms with Gasteiger partial charge in [0.25, 0.3) is 0 Å². The fourth-order valence-electron chi connectivity index (χ4n) is 2.41. The molecular weight excluding hydrogens is 387 g/mol. The first-order chi connectivity index (χ1) is 12.7. The van der Waals surface area contributed by atoms with E-state index in [0.717, 1.165) is 16.8 Å². The van der Waals surface area contributed by atoms with Gasteiger partial charge in [-0.05, 0) is 30.3 Å². The van der Waals surface area contributed by atoms with Crippen LogP contribution in [-0.2, 0) is 12.7 Å². The molecule has 3 rings (SSSR count). The molecule has 2 N–H and O–H groups in total. The molecule has 0 aliphatic heterocycles. The molecule has 27 heavy (non-hydrogen) atoms. The van der Waals surface area contributed by atoms with Gasteiger partial charge in [-0.25, -0.2) is 4.79 Å². The van der Waals surface area contributed by atoms with E-state index in [1.807, 2.05) is 0 Å². The number of aromatic nitrogens is 2. The standard InChI is InChI=1S/C17H13ClF3N3O3/c1-26-14-7-13(22)12(18)6-10(14)8-24-16(25)27-15(23-24)9-2-4-11(5-3-9)17(19,20)21/h2-7H,8,22H2,1H3. The minimum atomic E-state index is -4.45. The number of ether oxygens (including phenoxy) is 1. The molecule has 0 amide bonds. The third kappa shape index (κ3) is 3.92. The fourth-order valence-corrected chi connectivity index (χ4v) is 2.60. The third-order valence-electron chi connectivity index (χ3n) is 3.79. The number of alkyl halides is 3. The molecule has 0 aliphatic carbocycles. The van der Waals surface area contributed by atoms with Gasteiger partial charge in [-0.3, -0.25) is 0 Å². The Kier molecular flexibility index (Phi) is 4.88. The average molecular weight is 400 g/mol. The maximum absolute atomic E-state index is 12.6. The van der Waals surface area contributed by atoms with Gasteiger partial charge in [-0.2, -0.15) is 17.9 Å². The molecule has 1 heterocycles. The highest BCUT2D eigenvalue weighted by Gasteiger charge is 2.30. The summed E-state index contributed by atoms with van der Waals surface area (Å²) in [5.74, 6) is -0.475. The molecule has 0 bridgehead atoms. The van der Waals surface area contributed by atoms with Gasteiger partial charge in [0.15, 0.2) is 0 Å². The monoisotopic (exact) mass is 399 g/mol. The zero-order valence-corrected chi connectivity index (χ0v) is 14.6. The molecule has 0 unspecified atom stereocenters. The smallest absolute Gasteiger partial charge is 0.437 e. The van der Waals surface area contributed by atoms with Gasteiger partial charge < -0.3 is 14.9 Å². The van der Waals surface area contributed by atoms with Gasteiger partial charge in [-0.1, -0.05) is 11.6 Å². The topological polar surface area (TPSA) is 83.3 Å².